The van der Waals surface area contributed by atoms with Crippen LogP contribution in [0, 0.1) is 0 Å². The number of alkyl halides is 6. The number of aliphatic hydroxyl groups is 1. The summed E-state index contributed by atoms with van der Waals surface area (Å²) in [4.78, 5) is 0. The van der Waals surface area contributed by atoms with Crippen molar-refractivity contribution in [1.29, 1.82) is 0 Å². The van der Waals surface area contributed by atoms with E-state index in [1.54, 1.807) is 0 Å². The SMILES string of the molecule is OC1CCOCC1OC(C(F)(F)F)C(F)(F)F. The van der Waals surface area contributed by atoms with Gasteiger partial charge in [-0.05, 0) is 6.42 Å². The highest BCUT2D eigenvalue weighted by molar-refractivity contribution is 4.81. The molecule has 0 aliphatic carbocycles. The maximum atomic E-state index is 12.1. The molecule has 0 bridgehead atoms. The first-order chi connectivity index (χ1) is 7.62. The van der Waals surface area contributed by atoms with E-state index in [1.807, 2.05) is 0 Å². The topological polar surface area (TPSA) is 38.7 Å². The molecular weight excluding hydrogens is 258 g/mol. The monoisotopic (exact) mass is 268 g/mol. The minimum Gasteiger partial charge on any atom is -0.390 e. The molecule has 0 spiro atoms. The van der Waals surface area contributed by atoms with Gasteiger partial charge in [0.2, 0.25) is 6.10 Å². The first-order valence-corrected chi connectivity index (χ1v) is 4.67. The molecular formula is C8H10F6O3. The lowest BCUT2D eigenvalue weighted by atomic mass is 10.1. The Labute approximate surface area is 92.3 Å². The fraction of sp³-hybridized carbons (Fsp3) is 1.00. The number of ether oxygens (including phenoxy) is 2. The zero-order chi connectivity index (χ0) is 13.3. The van der Waals surface area contributed by atoms with Gasteiger partial charge in [0.25, 0.3) is 0 Å². The third-order valence-corrected chi connectivity index (χ3v) is 2.17. The van der Waals surface area contributed by atoms with Crippen molar-refractivity contribution < 1.29 is 40.9 Å². The van der Waals surface area contributed by atoms with Gasteiger partial charge in [0.05, 0.1) is 12.7 Å². The van der Waals surface area contributed by atoms with Gasteiger partial charge in [-0.15, -0.1) is 0 Å². The number of aliphatic hydroxyl groups excluding tert-OH is 1. The van der Waals surface area contributed by atoms with Crippen LogP contribution in [-0.4, -0.2) is 49.0 Å². The second-order valence-electron chi connectivity index (χ2n) is 3.57. The molecule has 0 saturated carbocycles. The normalized spacial score (nSPS) is 27.5. The van der Waals surface area contributed by atoms with Crippen molar-refractivity contribution >= 4 is 0 Å². The fourth-order valence-corrected chi connectivity index (χ4v) is 1.35. The van der Waals surface area contributed by atoms with Crippen LogP contribution in [0.4, 0.5) is 26.3 Å². The summed E-state index contributed by atoms with van der Waals surface area (Å²) < 4.78 is 81.4. The highest BCUT2D eigenvalue weighted by atomic mass is 19.4. The molecule has 2 atom stereocenters. The summed E-state index contributed by atoms with van der Waals surface area (Å²) in [5.74, 6) is 0. The summed E-state index contributed by atoms with van der Waals surface area (Å²) in [6.07, 6.45) is -18.1. The molecule has 17 heavy (non-hydrogen) atoms. The first-order valence-electron chi connectivity index (χ1n) is 4.67. The van der Waals surface area contributed by atoms with E-state index in [-0.39, 0.29) is 13.0 Å². The van der Waals surface area contributed by atoms with Crippen molar-refractivity contribution in [1.82, 2.24) is 0 Å². The quantitative estimate of drug-likeness (QED) is 0.774. The van der Waals surface area contributed by atoms with Gasteiger partial charge in [0, 0.05) is 6.61 Å². The summed E-state index contributed by atoms with van der Waals surface area (Å²) in [5.41, 5.74) is 0. The molecule has 1 rings (SSSR count). The van der Waals surface area contributed by atoms with Gasteiger partial charge in [0.15, 0.2) is 0 Å². The Kier molecular flexibility index (Phi) is 4.26. The van der Waals surface area contributed by atoms with E-state index in [1.165, 1.54) is 0 Å². The molecule has 3 nitrogen and oxygen atoms in total. The van der Waals surface area contributed by atoms with Crippen molar-refractivity contribution in [3.05, 3.63) is 0 Å². The van der Waals surface area contributed by atoms with Gasteiger partial charge < -0.3 is 14.6 Å². The van der Waals surface area contributed by atoms with Crippen molar-refractivity contribution in [2.24, 2.45) is 0 Å². The van der Waals surface area contributed by atoms with Crippen LogP contribution in [0.15, 0.2) is 0 Å². The van der Waals surface area contributed by atoms with Gasteiger partial charge in [-0.25, -0.2) is 0 Å². The van der Waals surface area contributed by atoms with Crippen molar-refractivity contribution in [2.75, 3.05) is 13.2 Å². The Morgan fingerprint density at radius 1 is 1.12 bits per heavy atom. The zero-order valence-electron chi connectivity index (χ0n) is 8.38. The molecule has 1 N–H and O–H groups in total. The van der Waals surface area contributed by atoms with E-state index in [2.05, 4.69) is 9.47 Å². The highest BCUT2D eigenvalue weighted by Crippen LogP contribution is 2.37. The van der Waals surface area contributed by atoms with Gasteiger partial charge in [0.1, 0.15) is 6.10 Å². The minimum absolute atomic E-state index is 0.0624. The average Bonchev–Trinajstić information content (AvgIpc) is 2.12. The molecule has 1 heterocycles. The molecule has 0 aromatic heterocycles. The molecule has 0 aromatic rings. The molecule has 1 aliphatic heterocycles. The fourth-order valence-electron chi connectivity index (χ4n) is 1.35. The largest absolute Gasteiger partial charge is 0.423 e. The molecule has 9 heteroatoms. The predicted octanol–water partition coefficient (Wildman–Crippen LogP) is 1.65. The third-order valence-electron chi connectivity index (χ3n) is 2.17. The van der Waals surface area contributed by atoms with E-state index >= 15 is 0 Å². The number of hydrogen-bond donors (Lipinski definition) is 1. The van der Waals surface area contributed by atoms with Crippen molar-refractivity contribution in [3.8, 4) is 0 Å². The summed E-state index contributed by atoms with van der Waals surface area (Å²) in [6, 6.07) is 0. The van der Waals surface area contributed by atoms with Gasteiger partial charge in [-0.1, -0.05) is 0 Å². The standard InChI is InChI=1S/C8H10F6O3/c9-7(10,11)6(8(12,13)14)17-5-3-16-2-1-4(5)15/h4-6,15H,1-3H2. The lowest BCUT2D eigenvalue weighted by molar-refractivity contribution is -0.340. The predicted molar refractivity (Wildman–Crippen MR) is 42.2 cm³/mol. The lowest BCUT2D eigenvalue weighted by Crippen LogP contribution is -2.51. The maximum absolute atomic E-state index is 12.1. The molecule has 1 fully saturated rings. The number of halogens is 6. The Morgan fingerprint density at radius 3 is 2.06 bits per heavy atom. The van der Waals surface area contributed by atoms with Gasteiger partial charge in [-0.3, -0.25) is 0 Å². The second kappa shape index (κ2) is 4.99. The van der Waals surface area contributed by atoms with Crippen LogP contribution in [0.3, 0.4) is 0 Å². The number of rotatable bonds is 2. The summed E-state index contributed by atoms with van der Waals surface area (Å²) >= 11 is 0. The molecule has 0 radical (unpaired) electrons. The smallest absolute Gasteiger partial charge is 0.390 e. The minimum atomic E-state index is -5.57. The summed E-state index contributed by atoms with van der Waals surface area (Å²) in [5, 5.41) is 9.21. The van der Waals surface area contributed by atoms with Crippen LogP contribution in [-0.2, 0) is 9.47 Å². The maximum Gasteiger partial charge on any atom is 0.423 e. The van der Waals surface area contributed by atoms with E-state index in [0.717, 1.165) is 0 Å². The van der Waals surface area contributed by atoms with Gasteiger partial charge in [-0.2, -0.15) is 26.3 Å². The van der Waals surface area contributed by atoms with E-state index in [4.69, 9.17) is 0 Å². The van der Waals surface area contributed by atoms with Gasteiger partial charge >= 0.3 is 12.4 Å². The molecule has 102 valence electrons. The second-order valence-corrected chi connectivity index (χ2v) is 3.57. The summed E-state index contributed by atoms with van der Waals surface area (Å²) in [7, 11) is 0. The Hall–Kier alpha value is -0.540. The van der Waals surface area contributed by atoms with Crippen LogP contribution >= 0.6 is 0 Å². The molecule has 0 amide bonds. The van der Waals surface area contributed by atoms with Crippen LogP contribution in [0.5, 0.6) is 0 Å². The third kappa shape index (κ3) is 4.00. The van der Waals surface area contributed by atoms with E-state index < -0.39 is 37.3 Å². The molecule has 1 aliphatic rings. The van der Waals surface area contributed by atoms with Crippen molar-refractivity contribution in [2.45, 2.75) is 37.1 Å². The summed E-state index contributed by atoms with van der Waals surface area (Å²) in [6.45, 7) is -0.423. The van der Waals surface area contributed by atoms with Crippen LogP contribution in [0.25, 0.3) is 0 Å². The Balaban J connectivity index is 2.73. The van der Waals surface area contributed by atoms with E-state index in [9.17, 15) is 31.4 Å². The van der Waals surface area contributed by atoms with Crippen molar-refractivity contribution in [3.63, 3.8) is 0 Å². The zero-order valence-corrected chi connectivity index (χ0v) is 8.38. The molecule has 2 unspecified atom stereocenters. The molecule has 0 aromatic carbocycles. The number of hydrogen-bond acceptors (Lipinski definition) is 3. The Morgan fingerprint density at radius 2 is 1.65 bits per heavy atom. The average molecular weight is 268 g/mol. The van der Waals surface area contributed by atoms with Crippen LogP contribution in [0.2, 0.25) is 0 Å². The van der Waals surface area contributed by atoms with E-state index in [0.29, 0.717) is 0 Å². The first kappa shape index (κ1) is 14.5. The molecule has 1 saturated heterocycles. The highest BCUT2D eigenvalue weighted by Gasteiger charge is 2.59. The lowest BCUT2D eigenvalue weighted by Gasteiger charge is -2.32. The van der Waals surface area contributed by atoms with Crippen LogP contribution in [0.1, 0.15) is 6.42 Å². The Bertz CT molecular complexity index is 237. The van der Waals surface area contributed by atoms with Crippen LogP contribution < -0.4 is 0 Å².